The number of hydrogen-bond acceptors (Lipinski definition) is 2. The van der Waals surface area contributed by atoms with Crippen molar-refractivity contribution < 1.29 is 14.7 Å². The number of aliphatic carboxylic acids is 1. The fourth-order valence-corrected chi connectivity index (χ4v) is 10.7. The minimum atomic E-state index is -0.548. The molecule has 3 heteroatoms. The summed E-state index contributed by atoms with van der Waals surface area (Å²) in [6.45, 7) is 16.6. The third-order valence-electron chi connectivity index (χ3n) is 13.1. The molecule has 0 heterocycles. The van der Waals surface area contributed by atoms with Crippen molar-refractivity contribution in [2.75, 3.05) is 0 Å². The normalized spacial score (nSPS) is 53.1. The number of carbonyl (C=O) groups is 2. The smallest absolute Gasteiger partial charge is 0.309 e. The van der Waals surface area contributed by atoms with Gasteiger partial charge in [-0.3, -0.25) is 9.59 Å². The molecule has 0 bridgehead atoms. The zero-order chi connectivity index (χ0) is 24.2. The third-order valence-corrected chi connectivity index (χ3v) is 13.1. The number of hydrogen-bond donors (Lipinski definition) is 1. The van der Waals surface area contributed by atoms with Crippen molar-refractivity contribution in [1.82, 2.24) is 0 Å². The number of carboxylic acid groups (broad SMARTS) is 1. The van der Waals surface area contributed by atoms with Gasteiger partial charge < -0.3 is 5.11 Å². The number of carboxylic acids is 1. The van der Waals surface area contributed by atoms with Gasteiger partial charge in [-0.1, -0.05) is 60.1 Å². The van der Waals surface area contributed by atoms with Gasteiger partial charge in [0.15, 0.2) is 0 Å². The summed E-state index contributed by atoms with van der Waals surface area (Å²) < 4.78 is 0. The predicted molar refractivity (Wildman–Crippen MR) is 132 cm³/mol. The highest BCUT2D eigenvalue weighted by atomic mass is 16.4. The lowest BCUT2D eigenvalue weighted by atomic mass is 9.33. The molecule has 5 rings (SSSR count). The van der Waals surface area contributed by atoms with E-state index in [-0.39, 0.29) is 27.6 Å². The average molecular weight is 455 g/mol. The summed E-state index contributed by atoms with van der Waals surface area (Å²) in [6.07, 6.45) is 11.3. The molecular formula is C30H46O3. The zero-order valence-corrected chi connectivity index (χ0v) is 22.1. The first kappa shape index (κ1) is 23.6. The molecule has 0 aromatic rings. The summed E-state index contributed by atoms with van der Waals surface area (Å²) in [4.78, 5) is 25.7. The highest BCUT2D eigenvalue weighted by molar-refractivity contribution is 5.85. The highest BCUT2D eigenvalue weighted by Gasteiger charge is 2.70. The molecule has 33 heavy (non-hydrogen) atoms. The van der Waals surface area contributed by atoms with E-state index in [4.69, 9.17) is 0 Å². The van der Waals surface area contributed by atoms with Crippen LogP contribution < -0.4 is 0 Å². The molecule has 9 unspecified atom stereocenters. The Morgan fingerprint density at radius 2 is 1.67 bits per heavy atom. The van der Waals surface area contributed by atoms with Crippen molar-refractivity contribution in [2.24, 2.45) is 56.7 Å². The first-order valence-corrected chi connectivity index (χ1v) is 13.7. The van der Waals surface area contributed by atoms with Crippen molar-refractivity contribution in [3.05, 3.63) is 11.6 Å². The van der Waals surface area contributed by atoms with E-state index in [1.807, 2.05) is 0 Å². The van der Waals surface area contributed by atoms with Gasteiger partial charge in [-0.2, -0.15) is 0 Å². The van der Waals surface area contributed by atoms with Gasteiger partial charge in [0.1, 0.15) is 5.78 Å². The second-order valence-corrected chi connectivity index (χ2v) is 14.3. The second kappa shape index (κ2) is 6.97. The molecule has 0 spiro atoms. The van der Waals surface area contributed by atoms with E-state index in [0.29, 0.717) is 29.5 Å². The molecular weight excluding hydrogens is 408 g/mol. The molecule has 0 radical (unpaired) electrons. The lowest BCUT2D eigenvalue weighted by Gasteiger charge is -2.70. The van der Waals surface area contributed by atoms with Crippen LogP contribution in [0, 0.1) is 56.7 Å². The monoisotopic (exact) mass is 454 g/mol. The van der Waals surface area contributed by atoms with Crippen LogP contribution >= 0.6 is 0 Å². The van der Waals surface area contributed by atoms with Crippen LogP contribution in [-0.4, -0.2) is 16.9 Å². The second-order valence-electron chi connectivity index (χ2n) is 14.3. The Morgan fingerprint density at radius 1 is 0.970 bits per heavy atom. The molecule has 184 valence electrons. The highest BCUT2D eigenvalue weighted by Crippen LogP contribution is 2.75. The Hall–Kier alpha value is -1.12. The molecule has 0 aliphatic heterocycles. The maximum Gasteiger partial charge on any atom is 0.309 e. The number of allylic oxidation sites excluding steroid dienone is 2. The van der Waals surface area contributed by atoms with Gasteiger partial charge in [-0.15, -0.1) is 0 Å². The lowest BCUT2D eigenvalue weighted by molar-refractivity contribution is -0.204. The summed E-state index contributed by atoms with van der Waals surface area (Å²) in [5.41, 5.74) is 1.11. The topological polar surface area (TPSA) is 54.4 Å². The maximum atomic E-state index is 12.9. The van der Waals surface area contributed by atoms with E-state index < -0.39 is 11.4 Å². The average Bonchev–Trinajstić information content (AvgIpc) is 2.74. The molecule has 5 aliphatic carbocycles. The van der Waals surface area contributed by atoms with Gasteiger partial charge in [0.2, 0.25) is 0 Å². The van der Waals surface area contributed by atoms with Crippen LogP contribution in [-0.2, 0) is 9.59 Å². The molecule has 3 nitrogen and oxygen atoms in total. The van der Waals surface area contributed by atoms with E-state index in [2.05, 4.69) is 54.5 Å². The summed E-state index contributed by atoms with van der Waals surface area (Å²) in [7, 11) is 0. The van der Waals surface area contributed by atoms with Crippen molar-refractivity contribution in [3.8, 4) is 0 Å². The zero-order valence-electron chi connectivity index (χ0n) is 22.1. The summed E-state index contributed by atoms with van der Waals surface area (Å²) in [5, 5.41) is 10.6. The molecule has 4 fully saturated rings. The van der Waals surface area contributed by atoms with Crippen LogP contribution in [0.15, 0.2) is 11.6 Å². The first-order valence-electron chi connectivity index (χ1n) is 13.7. The fraction of sp³-hybridized carbons (Fsp3) is 0.867. The Morgan fingerprint density at radius 3 is 2.33 bits per heavy atom. The number of rotatable bonds is 1. The summed E-state index contributed by atoms with van der Waals surface area (Å²) >= 11 is 0. The fourth-order valence-electron chi connectivity index (χ4n) is 10.7. The van der Waals surface area contributed by atoms with Gasteiger partial charge in [0, 0.05) is 11.8 Å². The van der Waals surface area contributed by atoms with Crippen molar-refractivity contribution in [2.45, 2.75) is 106 Å². The van der Waals surface area contributed by atoms with Gasteiger partial charge >= 0.3 is 5.97 Å². The van der Waals surface area contributed by atoms with Gasteiger partial charge in [-0.05, 0) is 97.2 Å². The number of ketones is 1. The molecule has 9 atom stereocenters. The number of Topliss-reactive ketones (excluding diaryl/α,β-unsaturated/α-hetero) is 1. The minimum Gasteiger partial charge on any atom is -0.481 e. The SMILES string of the molecule is CC1CCC2(C(=O)O)CCC3(C)C4=CCC5C(C)(C)C(=O)CCC5(C)C4CCC3(C)C2C1C. The van der Waals surface area contributed by atoms with Crippen LogP contribution in [0.4, 0.5) is 0 Å². The van der Waals surface area contributed by atoms with Crippen LogP contribution in [0.1, 0.15) is 106 Å². The van der Waals surface area contributed by atoms with Crippen LogP contribution in [0.3, 0.4) is 0 Å². The van der Waals surface area contributed by atoms with E-state index >= 15 is 0 Å². The third kappa shape index (κ3) is 2.69. The Balaban J connectivity index is 1.61. The van der Waals surface area contributed by atoms with Crippen molar-refractivity contribution in [3.63, 3.8) is 0 Å². The Bertz CT molecular complexity index is 916. The molecule has 0 saturated heterocycles. The van der Waals surface area contributed by atoms with Crippen molar-refractivity contribution >= 4 is 11.8 Å². The van der Waals surface area contributed by atoms with Crippen LogP contribution in [0.2, 0.25) is 0 Å². The van der Waals surface area contributed by atoms with Crippen LogP contribution in [0.25, 0.3) is 0 Å². The van der Waals surface area contributed by atoms with E-state index in [1.54, 1.807) is 5.57 Å². The molecule has 0 aromatic carbocycles. The number of carbonyl (C=O) groups excluding carboxylic acids is 1. The molecule has 1 N–H and O–H groups in total. The summed E-state index contributed by atoms with van der Waals surface area (Å²) in [5.74, 6) is 2.14. The number of fused-ring (bicyclic) bond motifs is 7. The standard InChI is InChI=1S/C30H46O3/c1-18-10-15-30(25(32)33)17-16-28(6)21-8-9-22-26(3,4)23(31)12-13-27(22,5)20(21)11-14-29(28,7)24(30)19(18)2/h8,18-20,22,24H,9-17H2,1-7H3,(H,32,33). The first-order chi connectivity index (χ1) is 15.3. The minimum absolute atomic E-state index is 0.0171. The van der Waals surface area contributed by atoms with E-state index in [9.17, 15) is 14.7 Å². The molecule has 5 aliphatic rings. The van der Waals surface area contributed by atoms with Crippen molar-refractivity contribution in [1.29, 1.82) is 0 Å². The van der Waals surface area contributed by atoms with Crippen LogP contribution in [0.5, 0.6) is 0 Å². The summed E-state index contributed by atoms with van der Waals surface area (Å²) in [6, 6.07) is 0. The largest absolute Gasteiger partial charge is 0.481 e. The predicted octanol–water partition coefficient (Wildman–Crippen LogP) is 7.30. The molecule has 0 aromatic heterocycles. The Kier molecular flexibility index (Phi) is 4.99. The quantitative estimate of drug-likeness (QED) is 0.423. The Labute approximate surface area is 201 Å². The molecule has 4 saturated carbocycles. The van der Waals surface area contributed by atoms with E-state index in [0.717, 1.165) is 57.8 Å². The molecule has 0 amide bonds. The van der Waals surface area contributed by atoms with Gasteiger partial charge in [0.25, 0.3) is 0 Å². The lowest BCUT2D eigenvalue weighted by Crippen LogP contribution is -2.65. The van der Waals surface area contributed by atoms with E-state index in [1.165, 1.54) is 0 Å². The van der Waals surface area contributed by atoms with Gasteiger partial charge in [-0.25, -0.2) is 0 Å². The van der Waals surface area contributed by atoms with Gasteiger partial charge in [0.05, 0.1) is 5.41 Å². The maximum absolute atomic E-state index is 12.9.